The minimum Gasteiger partial charge on any atom is -0.345 e. The molecule has 0 aliphatic carbocycles. The predicted molar refractivity (Wildman–Crippen MR) is 135 cm³/mol. The molecule has 0 radical (unpaired) electrons. The molecule has 2 rings (SSSR count). The highest BCUT2D eigenvalue weighted by Gasteiger charge is 2.32. The number of Topliss-reactive ketones (excluding diaryl/α,β-unsaturated/α-hetero) is 1. The topological polar surface area (TPSA) is 117 Å². The van der Waals surface area contributed by atoms with Gasteiger partial charge in [-0.1, -0.05) is 44.2 Å². The van der Waals surface area contributed by atoms with Crippen LogP contribution < -0.4 is 16.0 Å². The molecule has 2 unspecified atom stereocenters. The van der Waals surface area contributed by atoms with Gasteiger partial charge < -0.3 is 16.0 Å². The largest absolute Gasteiger partial charge is 0.345 e. The molecule has 0 saturated carbocycles. The molecule has 0 bridgehead atoms. The Kier molecular flexibility index (Phi) is 9.68. The molecule has 8 nitrogen and oxygen atoms in total. The minimum atomic E-state index is -1.08. The number of nitrogens with one attached hydrogen (secondary N) is 3. The average Bonchev–Trinajstić information content (AvgIpc) is 2.77. The molecule has 8 heteroatoms. The smallest absolute Gasteiger partial charge is 0.290 e. The molecule has 1 aromatic carbocycles. The van der Waals surface area contributed by atoms with Gasteiger partial charge in [-0.2, -0.15) is 0 Å². The summed E-state index contributed by atoms with van der Waals surface area (Å²) in [6.45, 7) is 10.9. The Labute approximate surface area is 207 Å². The third-order valence-electron chi connectivity index (χ3n) is 5.21. The lowest BCUT2D eigenvalue weighted by molar-refractivity contribution is -0.141. The molecule has 2 aromatic rings. The van der Waals surface area contributed by atoms with Crippen molar-refractivity contribution in [1.29, 1.82) is 0 Å². The number of amides is 3. The van der Waals surface area contributed by atoms with E-state index in [0.717, 1.165) is 5.56 Å². The highest BCUT2D eigenvalue weighted by Crippen LogP contribution is 2.11. The van der Waals surface area contributed by atoms with Crippen molar-refractivity contribution in [2.24, 2.45) is 5.92 Å². The number of nitrogens with zero attached hydrogens (tertiary/aromatic N) is 1. The van der Waals surface area contributed by atoms with Crippen LogP contribution in [0.1, 0.15) is 62.7 Å². The zero-order valence-electron chi connectivity index (χ0n) is 21.3. The van der Waals surface area contributed by atoms with Gasteiger partial charge in [0, 0.05) is 23.9 Å². The second-order valence-electron chi connectivity index (χ2n) is 10.1. The Hall–Kier alpha value is -3.55. The molecule has 1 aromatic heterocycles. The summed E-state index contributed by atoms with van der Waals surface area (Å²) in [4.78, 5) is 56.0. The van der Waals surface area contributed by atoms with Crippen LogP contribution in [0.3, 0.4) is 0 Å². The second-order valence-corrected chi connectivity index (χ2v) is 10.1. The van der Waals surface area contributed by atoms with E-state index in [1.165, 1.54) is 0 Å². The molecular formula is C27H36N4O4. The zero-order chi connectivity index (χ0) is 26.2. The summed E-state index contributed by atoms with van der Waals surface area (Å²) in [5.41, 5.74) is 1.11. The van der Waals surface area contributed by atoms with Gasteiger partial charge in [-0.05, 0) is 57.7 Å². The number of ketones is 1. The van der Waals surface area contributed by atoms with E-state index in [1.54, 1.807) is 46.0 Å². The Morgan fingerprint density at radius 2 is 1.57 bits per heavy atom. The third-order valence-corrected chi connectivity index (χ3v) is 5.21. The number of pyridine rings is 1. The van der Waals surface area contributed by atoms with Crippen molar-refractivity contribution in [1.82, 2.24) is 20.9 Å². The van der Waals surface area contributed by atoms with Crippen molar-refractivity contribution in [2.75, 3.05) is 0 Å². The highest BCUT2D eigenvalue weighted by atomic mass is 16.2. The highest BCUT2D eigenvalue weighted by molar-refractivity contribution is 6.38. The van der Waals surface area contributed by atoms with E-state index in [0.29, 0.717) is 17.7 Å². The molecule has 0 aliphatic rings. The lowest BCUT2D eigenvalue weighted by Gasteiger charge is -2.25. The number of aryl methyl sites for hydroxylation is 1. The molecule has 0 aliphatic heterocycles. The maximum Gasteiger partial charge on any atom is 0.290 e. The fraction of sp³-hybridized carbons (Fsp3) is 0.444. The van der Waals surface area contributed by atoms with Crippen molar-refractivity contribution in [3.63, 3.8) is 0 Å². The van der Waals surface area contributed by atoms with Gasteiger partial charge in [0.2, 0.25) is 11.7 Å². The van der Waals surface area contributed by atoms with Crippen molar-refractivity contribution in [3.8, 4) is 0 Å². The summed E-state index contributed by atoms with van der Waals surface area (Å²) in [6, 6.07) is 10.5. The maximum absolute atomic E-state index is 13.3. The lowest BCUT2D eigenvalue weighted by atomic mass is 9.98. The van der Waals surface area contributed by atoms with Gasteiger partial charge in [-0.15, -0.1) is 0 Å². The second kappa shape index (κ2) is 12.2. The summed E-state index contributed by atoms with van der Waals surface area (Å²) in [5, 5.41) is 8.17. The Bertz CT molecular complexity index is 1040. The fourth-order valence-corrected chi connectivity index (χ4v) is 3.55. The van der Waals surface area contributed by atoms with Crippen molar-refractivity contribution in [2.45, 2.75) is 72.0 Å². The average molecular weight is 481 g/mol. The summed E-state index contributed by atoms with van der Waals surface area (Å²) >= 11 is 0. The van der Waals surface area contributed by atoms with Gasteiger partial charge in [0.15, 0.2) is 0 Å². The van der Waals surface area contributed by atoms with Crippen LogP contribution in [0.5, 0.6) is 0 Å². The Morgan fingerprint density at radius 3 is 2.14 bits per heavy atom. The van der Waals surface area contributed by atoms with Crippen LogP contribution in [0.15, 0.2) is 48.7 Å². The van der Waals surface area contributed by atoms with Crippen LogP contribution in [0, 0.1) is 12.8 Å². The van der Waals surface area contributed by atoms with Crippen LogP contribution in [-0.4, -0.2) is 46.1 Å². The maximum atomic E-state index is 13.3. The molecular weight excluding hydrogens is 444 g/mol. The van der Waals surface area contributed by atoms with Crippen LogP contribution in [-0.2, 0) is 20.8 Å². The van der Waals surface area contributed by atoms with Crippen molar-refractivity contribution < 1.29 is 19.2 Å². The summed E-state index contributed by atoms with van der Waals surface area (Å²) < 4.78 is 0. The van der Waals surface area contributed by atoms with Gasteiger partial charge in [-0.25, -0.2) is 0 Å². The van der Waals surface area contributed by atoms with Gasteiger partial charge in [-0.3, -0.25) is 24.2 Å². The number of carbonyl (C=O) groups is 4. The Morgan fingerprint density at radius 1 is 0.914 bits per heavy atom. The van der Waals surface area contributed by atoms with E-state index in [-0.39, 0.29) is 12.3 Å². The van der Waals surface area contributed by atoms with Gasteiger partial charge in [0.1, 0.15) is 12.1 Å². The van der Waals surface area contributed by atoms with E-state index in [1.807, 2.05) is 44.2 Å². The zero-order valence-corrected chi connectivity index (χ0v) is 21.3. The number of aromatic nitrogens is 1. The summed E-state index contributed by atoms with van der Waals surface area (Å²) in [6.07, 6.45) is 2.09. The summed E-state index contributed by atoms with van der Waals surface area (Å²) in [7, 11) is 0. The number of hydrogen-bond acceptors (Lipinski definition) is 5. The number of benzene rings is 1. The van der Waals surface area contributed by atoms with E-state index in [4.69, 9.17) is 0 Å². The molecule has 188 valence electrons. The van der Waals surface area contributed by atoms with Crippen LogP contribution >= 0.6 is 0 Å². The van der Waals surface area contributed by atoms with Crippen LogP contribution in [0.25, 0.3) is 0 Å². The molecule has 0 fully saturated rings. The molecule has 3 amide bonds. The first kappa shape index (κ1) is 27.7. The molecule has 0 spiro atoms. The lowest BCUT2D eigenvalue weighted by Crippen LogP contribution is -2.56. The predicted octanol–water partition coefficient (Wildman–Crippen LogP) is 2.75. The molecule has 35 heavy (non-hydrogen) atoms. The number of hydrogen-bond donors (Lipinski definition) is 3. The SMILES string of the molecule is Cc1ncccc1C(=O)NC(CC(C)C)C(=O)NC(Cc1ccccc1)C(=O)C(=O)NC(C)(C)C. The molecule has 0 saturated heterocycles. The normalized spacial score (nSPS) is 13.0. The van der Waals surface area contributed by atoms with Crippen molar-refractivity contribution >= 4 is 23.5 Å². The fourth-order valence-electron chi connectivity index (χ4n) is 3.55. The van der Waals surface area contributed by atoms with Gasteiger partial charge in [0.05, 0.1) is 5.56 Å². The summed E-state index contributed by atoms with van der Waals surface area (Å²) in [5.74, 6) is -2.36. The first-order chi connectivity index (χ1) is 16.4. The number of carbonyl (C=O) groups excluding carboxylic acids is 4. The quantitative estimate of drug-likeness (QED) is 0.452. The van der Waals surface area contributed by atoms with E-state index >= 15 is 0 Å². The molecule has 1 heterocycles. The van der Waals surface area contributed by atoms with E-state index < -0.39 is 41.1 Å². The van der Waals surface area contributed by atoms with E-state index in [2.05, 4.69) is 20.9 Å². The Balaban J connectivity index is 2.26. The monoisotopic (exact) mass is 480 g/mol. The van der Waals surface area contributed by atoms with Gasteiger partial charge >= 0.3 is 0 Å². The van der Waals surface area contributed by atoms with E-state index in [9.17, 15) is 19.2 Å². The first-order valence-electron chi connectivity index (χ1n) is 11.8. The van der Waals surface area contributed by atoms with Crippen molar-refractivity contribution in [3.05, 3.63) is 65.5 Å². The first-order valence-corrected chi connectivity index (χ1v) is 11.8. The standard InChI is InChI=1S/C27H36N4O4/c1-17(2)15-22(30-24(33)20-13-10-14-28-18(20)3)25(34)29-21(16-19-11-8-7-9-12-19)23(32)26(35)31-27(4,5)6/h7-14,17,21-22H,15-16H2,1-6H3,(H,29,34)(H,30,33)(H,31,35). The third kappa shape index (κ3) is 8.96. The number of rotatable bonds is 10. The molecule has 3 N–H and O–H groups in total. The van der Waals surface area contributed by atoms with Gasteiger partial charge in [0.25, 0.3) is 11.8 Å². The van der Waals surface area contributed by atoms with Crippen LogP contribution in [0.2, 0.25) is 0 Å². The molecule has 2 atom stereocenters. The van der Waals surface area contributed by atoms with Crippen LogP contribution in [0.4, 0.5) is 0 Å². The minimum absolute atomic E-state index is 0.0912.